The Morgan fingerprint density at radius 3 is 2.44 bits per heavy atom. The molecule has 0 aliphatic carbocycles. The molecule has 0 spiro atoms. The summed E-state index contributed by atoms with van der Waals surface area (Å²) in [6.45, 7) is 11.0. The summed E-state index contributed by atoms with van der Waals surface area (Å²) >= 11 is 0. The van der Waals surface area contributed by atoms with Crippen LogP contribution in [0.15, 0.2) is 29.3 Å². The second-order valence-electron chi connectivity index (χ2n) is 6.86. The lowest BCUT2D eigenvalue weighted by Crippen LogP contribution is -2.48. The molecule has 1 aromatic carbocycles. The number of methoxy groups -OCH3 is 1. The van der Waals surface area contributed by atoms with Crippen molar-refractivity contribution in [3.8, 4) is 5.75 Å². The van der Waals surface area contributed by atoms with E-state index in [4.69, 9.17) is 9.47 Å². The van der Waals surface area contributed by atoms with Crippen molar-refractivity contribution < 1.29 is 14.6 Å². The number of rotatable bonds is 11. The molecular weight excluding hydrogens is 457 g/mol. The molecule has 0 heterocycles. The van der Waals surface area contributed by atoms with Crippen molar-refractivity contribution in [3.05, 3.63) is 29.8 Å². The van der Waals surface area contributed by atoms with E-state index in [0.717, 1.165) is 37.5 Å². The fourth-order valence-electron chi connectivity index (χ4n) is 2.07. The van der Waals surface area contributed by atoms with Crippen LogP contribution in [0.1, 0.15) is 39.7 Å². The maximum Gasteiger partial charge on any atom is 0.191 e. The Labute approximate surface area is 181 Å². The first-order chi connectivity index (χ1) is 12.4. The van der Waals surface area contributed by atoms with Crippen molar-refractivity contribution in [1.82, 2.24) is 10.6 Å². The van der Waals surface area contributed by atoms with Gasteiger partial charge in [-0.25, -0.2) is 4.99 Å². The van der Waals surface area contributed by atoms with E-state index >= 15 is 0 Å². The number of nitrogens with zero attached hydrogens (tertiary/aromatic N) is 1. The Kier molecular flexibility index (Phi) is 13.5. The summed E-state index contributed by atoms with van der Waals surface area (Å²) in [6.07, 6.45) is 0.900. The molecule has 0 radical (unpaired) electrons. The van der Waals surface area contributed by atoms with Crippen LogP contribution in [0.4, 0.5) is 0 Å². The highest BCUT2D eigenvalue weighted by Crippen LogP contribution is 2.14. The topological polar surface area (TPSA) is 75.1 Å². The number of hydrogen-bond acceptors (Lipinski definition) is 4. The molecule has 1 atom stereocenters. The van der Waals surface area contributed by atoms with Gasteiger partial charge in [0, 0.05) is 26.3 Å². The van der Waals surface area contributed by atoms with Gasteiger partial charge in [-0.1, -0.05) is 26.0 Å². The van der Waals surface area contributed by atoms with E-state index in [1.54, 1.807) is 7.11 Å². The molecule has 7 heteroatoms. The summed E-state index contributed by atoms with van der Waals surface area (Å²) in [5.41, 5.74) is 0.297. The molecule has 0 saturated heterocycles. The summed E-state index contributed by atoms with van der Waals surface area (Å²) < 4.78 is 10.5. The van der Waals surface area contributed by atoms with Crippen LogP contribution < -0.4 is 15.4 Å². The van der Waals surface area contributed by atoms with Gasteiger partial charge in [-0.2, -0.15) is 0 Å². The van der Waals surface area contributed by atoms with Gasteiger partial charge in [0.25, 0.3) is 0 Å². The normalized spacial score (nSPS) is 13.7. The Morgan fingerprint density at radius 1 is 1.22 bits per heavy atom. The summed E-state index contributed by atoms with van der Waals surface area (Å²) in [6, 6.07) is 7.85. The fraction of sp³-hybridized carbons (Fsp3) is 0.650. The van der Waals surface area contributed by atoms with Gasteiger partial charge in [0.15, 0.2) is 5.96 Å². The van der Waals surface area contributed by atoms with E-state index in [0.29, 0.717) is 19.0 Å². The third-order valence-corrected chi connectivity index (χ3v) is 4.40. The predicted molar refractivity (Wildman–Crippen MR) is 122 cm³/mol. The standard InChI is InChI=1S/C20H35N3O3.HI/c1-6-26-13-7-12-21-19(23-15-20(4,24)16(2)3)22-14-17-8-10-18(25-5)11-9-17;/h8-11,16,24H,6-7,12-15H2,1-5H3,(H2,21,22,23);1H. The van der Waals surface area contributed by atoms with Crippen LogP contribution in [0, 0.1) is 5.92 Å². The van der Waals surface area contributed by atoms with Crippen LogP contribution in [-0.4, -0.2) is 50.1 Å². The van der Waals surface area contributed by atoms with Gasteiger partial charge in [-0.3, -0.25) is 0 Å². The molecular formula is C20H36IN3O3. The van der Waals surface area contributed by atoms with Crippen molar-refractivity contribution in [3.63, 3.8) is 0 Å². The molecule has 1 rings (SSSR count). The maximum absolute atomic E-state index is 10.4. The maximum atomic E-state index is 10.4. The van der Waals surface area contributed by atoms with E-state index in [1.807, 2.05) is 52.0 Å². The third kappa shape index (κ3) is 10.8. The first-order valence-corrected chi connectivity index (χ1v) is 9.34. The lowest BCUT2D eigenvalue weighted by atomic mass is 9.93. The molecule has 156 valence electrons. The van der Waals surface area contributed by atoms with Crippen molar-refractivity contribution in [1.29, 1.82) is 0 Å². The molecule has 0 aliphatic rings. The van der Waals surface area contributed by atoms with Crippen LogP contribution in [0.25, 0.3) is 0 Å². The SMILES string of the molecule is CCOCCCNC(=NCc1ccc(OC)cc1)NCC(C)(O)C(C)C.I. The first kappa shape index (κ1) is 25.9. The van der Waals surface area contributed by atoms with Crippen molar-refractivity contribution in [2.24, 2.45) is 10.9 Å². The molecule has 27 heavy (non-hydrogen) atoms. The van der Waals surface area contributed by atoms with Gasteiger partial charge in [0.05, 0.1) is 19.3 Å². The molecule has 6 nitrogen and oxygen atoms in total. The minimum absolute atomic E-state index is 0. The number of hydrogen-bond donors (Lipinski definition) is 3. The van der Waals surface area contributed by atoms with Crippen molar-refractivity contribution >= 4 is 29.9 Å². The van der Waals surface area contributed by atoms with Crippen molar-refractivity contribution in [2.45, 2.75) is 46.3 Å². The molecule has 3 N–H and O–H groups in total. The highest BCUT2D eigenvalue weighted by Gasteiger charge is 2.24. The number of aliphatic imine (C=N–C) groups is 1. The zero-order valence-corrected chi connectivity index (χ0v) is 19.6. The Bertz CT molecular complexity index is 534. The Hall–Kier alpha value is -1.06. The quantitative estimate of drug-likeness (QED) is 0.191. The fourth-order valence-corrected chi connectivity index (χ4v) is 2.07. The molecule has 0 aromatic heterocycles. The zero-order chi connectivity index (χ0) is 19.4. The van der Waals surface area contributed by atoms with E-state index in [2.05, 4.69) is 15.6 Å². The van der Waals surface area contributed by atoms with Crippen LogP contribution >= 0.6 is 24.0 Å². The van der Waals surface area contributed by atoms with Crippen LogP contribution in [-0.2, 0) is 11.3 Å². The van der Waals surface area contributed by atoms with Gasteiger partial charge in [-0.05, 0) is 43.9 Å². The minimum Gasteiger partial charge on any atom is -0.497 e. The average Bonchev–Trinajstić information content (AvgIpc) is 2.63. The molecule has 1 unspecified atom stereocenters. The molecule has 0 saturated carbocycles. The minimum atomic E-state index is -0.798. The second kappa shape index (κ2) is 14.0. The smallest absolute Gasteiger partial charge is 0.191 e. The van der Waals surface area contributed by atoms with Gasteiger partial charge in [-0.15, -0.1) is 24.0 Å². The molecule has 0 fully saturated rings. The van der Waals surface area contributed by atoms with Crippen LogP contribution in [0.3, 0.4) is 0 Å². The molecule has 1 aromatic rings. The van der Waals surface area contributed by atoms with Gasteiger partial charge >= 0.3 is 0 Å². The lowest BCUT2D eigenvalue weighted by molar-refractivity contribution is 0.0181. The summed E-state index contributed by atoms with van der Waals surface area (Å²) in [4.78, 5) is 4.63. The number of benzene rings is 1. The molecule has 0 bridgehead atoms. The summed E-state index contributed by atoms with van der Waals surface area (Å²) in [7, 11) is 1.65. The van der Waals surface area contributed by atoms with Crippen LogP contribution in [0.2, 0.25) is 0 Å². The third-order valence-electron chi connectivity index (χ3n) is 4.40. The molecule has 0 amide bonds. The summed E-state index contributed by atoms with van der Waals surface area (Å²) in [5, 5.41) is 17.0. The zero-order valence-electron chi connectivity index (χ0n) is 17.2. The molecule has 0 aliphatic heterocycles. The van der Waals surface area contributed by atoms with Gasteiger partial charge in [0.2, 0.25) is 0 Å². The average molecular weight is 493 g/mol. The number of ether oxygens (including phenoxy) is 2. The first-order valence-electron chi connectivity index (χ1n) is 9.34. The van der Waals surface area contributed by atoms with E-state index in [-0.39, 0.29) is 29.9 Å². The Morgan fingerprint density at radius 2 is 1.89 bits per heavy atom. The monoisotopic (exact) mass is 493 g/mol. The van der Waals surface area contributed by atoms with E-state index in [9.17, 15) is 5.11 Å². The number of nitrogens with one attached hydrogen (secondary N) is 2. The van der Waals surface area contributed by atoms with Gasteiger partial charge in [0.1, 0.15) is 5.75 Å². The second-order valence-corrected chi connectivity index (χ2v) is 6.86. The van der Waals surface area contributed by atoms with Gasteiger partial charge < -0.3 is 25.2 Å². The Balaban J connectivity index is 0.00000676. The summed E-state index contributed by atoms with van der Waals surface area (Å²) in [5.74, 6) is 1.67. The highest BCUT2D eigenvalue weighted by molar-refractivity contribution is 14.0. The number of guanidine groups is 1. The number of halogens is 1. The van der Waals surface area contributed by atoms with E-state index in [1.165, 1.54) is 0 Å². The van der Waals surface area contributed by atoms with Crippen molar-refractivity contribution in [2.75, 3.05) is 33.4 Å². The number of aliphatic hydroxyl groups is 1. The van der Waals surface area contributed by atoms with E-state index < -0.39 is 5.60 Å². The van der Waals surface area contributed by atoms with Crippen LogP contribution in [0.5, 0.6) is 5.75 Å². The predicted octanol–water partition coefficient (Wildman–Crippen LogP) is 3.18. The largest absolute Gasteiger partial charge is 0.497 e. The lowest BCUT2D eigenvalue weighted by Gasteiger charge is -2.28. The highest BCUT2D eigenvalue weighted by atomic mass is 127.